The zero-order valence-electron chi connectivity index (χ0n) is 15.3. The maximum Gasteiger partial charge on any atom is 0.235 e. The first-order valence-electron chi connectivity index (χ1n) is 8.82. The number of carbonyl (C=O) groups is 1. The first-order valence-corrected chi connectivity index (χ1v) is 10.7. The number of fused-ring (bicyclic) bond motifs is 1. The van der Waals surface area contributed by atoms with Gasteiger partial charge in [-0.1, -0.05) is 6.07 Å². The van der Waals surface area contributed by atoms with E-state index < -0.39 is 10.0 Å². The summed E-state index contributed by atoms with van der Waals surface area (Å²) in [6.45, 7) is 3.97. The lowest BCUT2D eigenvalue weighted by Gasteiger charge is -2.29. The lowest BCUT2D eigenvalue weighted by atomic mass is 10.2. The van der Waals surface area contributed by atoms with Crippen LogP contribution in [0, 0.1) is 0 Å². The Morgan fingerprint density at radius 2 is 1.96 bits per heavy atom. The van der Waals surface area contributed by atoms with E-state index in [9.17, 15) is 13.2 Å². The third kappa shape index (κ3) is 5.80. The first-order chi connectivity index (χ1) is 12.9. The highest BCUT2D eigenvalue weighted by Gasteiger charge is 2.22. The molecule has 2 aliphatic rings. The van der Waals surface area contributed by atoms with E-state index in [1.165, 1.54) is 4.31 Å². The molecule has 10 heteroatoms. The fourth-order valence-corrected chi connectivity index (χ4v) is 3.67. The second kappa shape index (κ2) is 8.87. The Kier molecular flexibility index (Phi) is 6.53. The van der Waals surface area contributed by atoms with E-state index in [0.717, 1.165) is 24.9 Å². The summed E-state index contributed by atoms with van der Waals surface area (Å²) in [6, 6.07) is 5.42. The molecule has 3 rings (SSSR count). The molecule has 0 atom stereocenters. The van der Waals surface area contributed by atoms with Gasteiger partial charge in [0.05, 0.1) is 26.0 Å². The molecule has 1 N–H and O–H groups in total. The predicted molar refractivity (Wildman–Crippen MR) is 98.1 cm³/mol. The van der Waals surface area contributed by atoms with E-state index in [4.69, 9.17) is 14.2 Å². The van der Waals surface area contributed by atoms with Crippen LogP contribution in [0.4, 0.5) is 0 Å². The number of sulfonamides is 1. The van der Waals surface area contributed by atoms with E-state index in [1.807, 2.05) is 6.07 Å². The SMILES string of the molecule is CS(=O)(=O)N(CCN1CCOCC1)CC(=O)NCc1ccc2c(c1)OCO2. The number of hydrogen-bond donors (Lipinski definition) is 1. The number of carbonyl (C=O) groups excluding carboxylic acids is 1. The molecule has 9 nitrogen and oxygen atoms in total. The summed E-state index contributed by atoms with van der Waals surface area (Å²) in [4.78, 5) is 14.4. The van der Waals surface area contributed by atoms with Crippen LogP contribution < -0.4 is 14.8 Å². The lowest BCUT2D eigenvalue weighted by molar-refractivity contribution is -0.121. The number of rotatable bonds is 8. The molecule has 1 fully saturated rings. The van der Waals surface area contributed by atoms with Gasteiger partial charge in [-0.05, 0) is 17.7 Å². The van der Waals surface area contributed by atoms with Crippen LogP contribution in [0.1, 0.15) is 5.56 Å². The highest BCUT2D eigenvalue weighted by Crippen LogP contribution is 2.32. The molecule has 0 aliphatic carbocycles. The van der Waals surface area contributed by atoms with Crippen LogP contribution in [0.25, 0.3) is 0 Å². The molecule has 0 saturated carbocycles. The maximum atomic E-state index is 12.3. The number of hydrogen-bond acceptors (Lipinski definition) is 7. The molecule has 0 radical (unpaired) electrons. The van der Waals surface area contributed by atoms with Crippen molar-refractivity contribution in [3.8, 4) is 11.5 Å². The van der Waals surface area contributed by atoms with Gasteiger partial charge in [0.2, 0.25) is 22.7 Å². The van der Waals surface area contributed by atoms with Crippen LogP contribution >= 0.6 is 0 Å². The minimum atomic E-state index is -3.47. The largest absolute Gasteiger partial charge is 0.454 e. The second-order valence-corrected chi connectivity index (χ2v) is 8.50. The molecule has 1 saturated heterocycles. The van der Waals surface area contributed by atoms with Gasteiger partial charge in [0, 0.05) is 32.7 Å². The highest BCUT2D eigenvalue weighted by molar-refractivity contribution is 7.88. The van der Waals surface area contributed by atoms with Crippen LogP contribution in [-0.2, 0) is 26.1 Å². The summed E-state index contributed by atoms with van der Waals surface area (Å²) in [5.74, 6) is 0.974. The van der Waals surface area contributed by atoms with Crippen molar-refractivity contribution in [3.63, 3.8) is 0 Å². The van der Waals surface area contributed by atoms with E-state index in [0.29, 0.717) is 31.3 Å². The Bertz CT molecular complexity index is 764. The lowest BCUT2D eigenvalue weighted by Crippen LogP contribution is -2.45. The van der Waals surface area contributed by atoms with Crippen molar-refractivity contribution in [2.45, 2.75) is 6.54 Å². The zero-order chi connectivity index (χ0) is 19.3. The monoisotopic (exact) mass is 399 g/mol. The molecule has 1 aromatic rings. The fraction of sp³-hybridized carbons (Fsp3) is 0.588. The predicted octanol–water partition coefficient (Wildman–Crippen LogP) is -0.375. The Balaban J connectivity index is 1.49. The summed E-state index contributed by atoms with van der Waals surface area (Å²) in [5, 5.41) is 2.76. The number of benzene rings is 1. The average Bonchev–Trinajstić information content (AvgIpc) is 3.11. The van der Waals surface area contributed by atoms with Crippen molar-refractivity contribution in [2.75, 3.05) is 59.0 Å². The Morgan fingerprint density at radius 1 is 1.22 bits per heavy atom. The van der Waals surface area contributed by atoms with Gasteiger partial charge in [0.1, 0.15) is 0 Å². The third-order valence-electron chi connectivity index (χ3n) is 4.48. The van der Waals surface area contributed by atoms with Crippen molar-refractivity contribution in [2.24, 2.45) is 0 Å². The van der Waals surface area contributed by atoms with E-state index in [2.05, 4.69) is 10.2 Å². The normalized spacial score (nSPS) is 17.3. The summed E-state index contributed by atoms with van der Waals surface area (Å²) in [7, 11) is -3.47. The molecule has 0 bridgehead atoms. The van der Waals surface area contributed by atoms with Gasteiger partial charge >= 0.3 is 0 Å². The number of morpholine rings is 1. The topological polar surface area (TPSA) is 97.4 Å². The van der Waals surface area contributed by atoms with Crippen LogP contribution in [0.3, 0.4) is 0 Å². The number of nitrogens with one attached hydrogen (secondary N) is 1. The Morgan fingerprint density at radius 3 is 2.70 bits per heavy atom. The molecule has 150 valence electrons. The van der Waals surface area contributed by atoms with Crippen molar-refractivity contribution in [1.82, 2.24) is 14.5 Å². The molecular weight excluding hydrogens is 374 g/mol. The van der Waals surface area contributed by atoms with Gasteiger partial charge in [-0.2, -0.15) is 4.31 Å². The van der Waals surface area contributed by atoms with Gasteiger partial charge in [-0.3, -0.25) is 9.69 Å². The van der Waals surface area contributed by atoms with Gasteiger partial charge in [0.15, 0.2) is 11.5 Å². The molecule has 0 unspecified atom stereocenters. The zero-order valence-corrected chi connectivity index (χ0v) is 16.2. The van der Waals surface area contributed by atoms with Gasteiger partial charge in [0.25, 0.3) is 0 Å². The smallest absolute Gasteiger partial charge is 0.235 e. The van der Waals surface area contributed by atoms with Crippen LogP contribution in [-0.4, -0.2) is 82.5 Å². The average molecular weight is 399 g/mol. The Labute approximate surface area is 159 Å². The number of amides is 1. The molecule has 1 amide bonds. The molecule has 2 heterocycles. The molecule has 2 aliphatic heterocycles. The van der Waals surface area contributed by atoms with Gasteiger partial charge in [-0.25, -0.2) is 8.42 Å². The van der Waals surface area contributed by atoms with Gasteiger partial charge < -0.3 is 19.5 Å². The second-order valence-electron chi connectivity index (χ2n) is 6.51. The highest BCUT2D eigenvalue weighted by atomic mass is 32.2. The fourth-order valence-electron chi connectivity index (χ4n) is 2.91. The van der Waals surface area contributed by atoms with Crippen molar-refractivity contribution in [1.29, 1.82) is 0 Å². The van der Waals surface area contributed by atoms with E-state index in [1.54, 1.807) is 12.1 Å². The van der Waals surface area contributed by atoms with Crippen molar-refractivity contribution >= 4 is 15.9 Å². The van der Waals surface area contributed by atoms with E-state index >= 15 is 0 Å². The summed E-state index contributed by atoms with van der Waals surface area (Å²) >= 11 is 0. The van der Waals surface area contributed by atoms with Gasteiger partial charge in [-0.15, -0.1) is 0 Å². The minimum absolute atomic E-state index is 0.192. The van der Waals surface area contributed by atoms with Crippen LogP contribution in [0.5, 0.6) is 11.5 Å². The maximum absolute atomic E-state index is 12.3. The van der Waals surface area contributed by atoms with Crippen molar-refractivity contribution in [3.05, 3.63) is 23.8 Å². The minimum Gasteiger partial charge on any atom is -0.454 e. The third-order valence-corrected chi connectivity index (χ3v) is 5.73. The number of nitrogens with zero attached hydrogens (tertiary/aromatic N) is 2. The first kappa shape index (κ1) is 19.9. The standard InChI is InChI=1S/C17H25N3O6S/c1-27(22,23)20(5-4-19-6-8-24-9-7-19)12-17(21)18-11-14-2-3-15-16(10-14)26-13-25-15/h2-3,10H,4-9,11-13H2,1H3,(H,18,21). The molecule has 0 aromatic heterocycles. The summed E-state index contributed by atoms with van der Waals surface area (Å²) < 4.78 is 41.1. The molecular formula is C17H25N3O6S. The molecule has 0 spiro atoms. The van der Waals surface area contributed by atoms with Crippen LogP contribution in [0.2, 0.25) is 0 Å². The summed E-state index contributed by atoms with van der Waals surface area (Å²) in [6.07, 6.45) is 1.12. The van der Waals surface area contributed by atoms with E-state index in [-0.39, 0.29) is 32.3 Å². The number of ether oxygens (including phenoxy) is 3. The quantitative estimate of drug-likeness (QED) is 0.637. The molecule has 27 heavy (non-hydrogen) atoms. The van der Waals surface area contributed by atoms with Crippen LogP contribution in [0.15, 0.2) is 18.2 Å². The molecule has 1 aromatic carbocycles. The Hall–Kier alpha value is -1.88. The van der Waals surface area contributed by atoms with Crippen molar-refractivity contribution < 1.29 is 27.4 Å². The summed E-state index contributed by atoms with van der Waals surface area (Å²) in [5.41, 5.74) is 0.854.